The SMILES string of the molecule is CCN(CCC(C)(C)OC)CC1CCCCN1. The van der Waals surface area contributed by atoms with Crippen LogP contribution in [-0.4, -0.2) is 49.8 Å². The minimum absolute atomic E-state index is 0.00735. The second-order valence-electron chi connectivity index (χ2n) is 5.75. The van der Waals surface area contributed by atoms with Gasteiger partial charge in [-0.1, -0.05) is 13.3 Å². The number of nitrogens with zero attached hydrogens (tertiary/aromatic N) is 1. The topological polar surface area (TPSA) is 24.5 Å². The number of hydrogen-bond acceptors (Lipinski definition) is 3. The molecule has 1 rings (SSSR count). The van der Waals surface area contributed by atoms with Crippen LogP contribution in [0, 0.1) is 0 Å². The second-order valence-corrected chi connectivity index (χ2v) is 5.75. The lowest BCUT2D eigenvalue weighted by Gasteiger charge is -2.32. The molecule has 0 aromatic rings. The van der Waals surface area contributed by atoms with Gasteiger partial charge in [-0.15, -0.1) is 0 Å². The first-order valence-corrected chi connectivity index (χ1v) is 7.08. The monoisotopic (exact) mass is 242 g/mol. The molecule has 0 amide bonds. The fourth-order valence-electron chi connectivity index (χ4n) is 2.30. The zero-order chi connectivity index (χ0) is 12.7. The lowest BCUT2D eigenvalue weighted by atomic mass is 10.0. The van der Waals surface area contributed by atoms with Crippen molar-refractivity contribution in [3.8, 4) is 0 Å². The van der Waals surface area contributed by atoms with Gasteiger partial charge < -0.3 is 15.0 Å². The largest absolute Gasteiger partial charge is 0.379 e. The number of rotatable bonds is 7. The zero-order valence-corrected chi connectivity index (χ0v) is 12.1. The van der Waals surface area contributed by atoms with Gasteiger partial charge in [0.1, 0.15) is 0 Å². The molecule has 0 spiro atoms. The van der Waals surface area contributed by atoms with E-state index in [1.165, 1.54) is 32.4 Å². The molecule has 1 atom stereocenters. The molecule has 3 nitrogen and oxygen atoms in total. The summed E-state index contributed by atoms with van der Waals surface area (Å²) >= 11 is 0. The molecule has 1 aliphatic heterocycles. The summed E-state index contributed by atoms with van der Waals surface area (Å²) in [6.45, 7) is 11.2. The number of methoxy groups -OCH3 is 1. The van der Waals surface area contributed by atoms with Crippen LogP contribution in [-0.2, 0) is 4.74 Å². The summed E-state index contributed by atoms with van der Waals surface area (Å²) in [7, 11) is 1.80. The Kier molecular flexibility index (Phi) is 6.45. The highest BCUT2D eigenvalue weighted by molar-refractivity contribution is 4.77. The quantitative estimate of drug-likeness (QED) is 0.741. The number of piperidine rings is 1. The molecule has 0 saturated carbocycles. The Morgan fingerprint density at radius 3 is 2.65 bits per heavy atom. The third-order valence-electron chi connectivity index (χ3n) is 3.92. The van der Waals surface area contributed by atoms with Gasteiger partial charge in [-0.2, -0.15) is 0 Å². The smallest absolute Gasteiger partial charge is 0.0634 e. The molecule has 1 heterocycles. The number of hydrogen-bond donors (Lipinski definition) is 1. The van der Waals surface area contributed by atoms with Crippen LogP contribution in [0.4, 0.5) is 0 Å². The van der Waals surface area contributed by atoms with E-state index in [0.717, 1.165) is 19.5 Å². The molecule has 1 N–H and O–H groups in total. The van der Waals surface area contributed by atoms with Gasteiger partial charge in [-0.25, -0.2) is 0 Å². The standard InChI is InChI=1S/C14H30N2O/c1-5-16(11-9-14(2,3)17-4)12-13-8-6-7-10-15-13/h13,15H,5-12H2,1-4H3. The van der Waals surface area contributed by atoms with Crippen molar-refractivity contribution in [2.45, 2.75) is 58.1 Å². The van der Waals surface area contributed by atoms with E-state index in [0.29, 0.717) is 6.04 Å². The predicted octanol–water partition coefficient (Wildman–Crippen LogP) is 2.27. The molecule has 1 aliphatic rings. The van der Waals surface area contributed by atoms with E-state index in [1.54, 1.807) is 7.11 Å². The lowest BCUT2D eigenvalue weighted by Crippen LogP contribution is -2.44. The summed E-state index contributed by atoms with van der Waals surface area (Å²) in [6.07, 6.45) is 5.17. The van der Waals surface area contributed by atoms with E-state index in [9.17, 15) is 0 Å². The van der Waals surface area contributed by atoms with Crippen molar-refractivity contribution in [2.75, 3.05) is 33.3 Å². The average molecular weight is 242 g/mol. The summed E-state index contributed by atoms with van der Waals surface area (Å²) in [4.78, 5) is 2.55. The number of likely N-dealkylation sites (N-methyl/N-ethyl adjacent to an activating group) is 1. The van der Waals surface area contributed by atoms with Crippen molar-refractivity contribution < 1.29 is 4.74 Å². The van der Waals surface area contributed by atoms with Crippen molar-refractivity contribution in [1.29, 1.82) is 0 Å². The Hall–Kier alpha value is -0.120. The fraction of sp³-hybridized carbons (Fsp3) is 1.00. The van der Waals surface area contributed by atoms with Crippen LogP contribution in [0.25, 0.3) is 0 Å². The van der Waals surface area contributed by atoms with E-state index >= 15 is 0 Å². The molecule has 0 aromatic carbocycles. The Balaban J connectivity index is 2.27. The summed E-state index contributed by atoms with van der Waals surface area (Å²) in [5.41, 5.74) is 0.00735. The lowest BCUT2D eigenvalue weighted by molar-refractivity contribution is 0.00697. The summed E-state index contributed by atoms with van der Waals surface area (Å²) in [6, 6.07) is 0.703. The van der Waals surface area contributed by atoms with Gasteiger partial charge in [-0.3, -0.25) is 0 Å². The zero-order valence-electron chi connectivity index (χ0n) is 12.1. The third-order valence-corrected chi connectivity index (χ3v) is 3.92. The third kappa shape index (κ3) is 5.84. The second kappa shape index (κ2) is 7.34. The van der Waals surface area contributed by atoms with Crippen LogP contribution in [0.3, 0.4) is 0 Å². The van der Waals surface area contributed by atoms with E-state index in [-0.39, 0.29) is 5.60 Å². The van der Waals surface area contributed by atoms with Crippen molar-refractivity contribution in [3.63, 3.8) is 0 Å². The average Bonchev–Trinajstić information content (AvgIpc) is 2.35. The van der Waals surface area contributed by atoms with Gasteiger partial charge in [0.15, 0.2) is 0 Å². The molecule has 0 bridgehead atoms. The van der Waals surface area contributed by atoms with E-state index in [2.05, 4.69) is 31.0 Å². The molecule has 0 aliphatic carbocycles. The van der Waals surface area contributed by atoms with Crippen molar-refractivity contribution in [1.82, 2.24) is 10.2 Å². The van der Waals surface area contributed by atoms with E-state index in [4.69, 9.17) is 4.74 Å². The molecule has 0 radical (unpaired) electrons. The van der Waals surface area contributed by atoms with Crippen LogP contribution in [0.15, 0.2) is 0 Å². The maximum absolute atomic E-state index is 5.48. The highest BCUT2D eigenvalue weighted by atomic mass is 16.5. The number of nitrogens with one attached hydrogen (secondary N) is 1. The van der Waals surface area contributed by atoms with Gasteiger partial charge in [0.2, 0.25) is 0 Å². The van der Waals surface area contributed by atoms with Crippen molar-refractivity contribution in [2.24, 2.45) is 0 Å². The predicted molar refractivity (Wildman–Crippen MR) is 73.5 cm³/mol. The first-order valence-electron chi connectivity index (χ1n) is 7.08. The van der Waals surface area contributed by atoms with Crippen molar-refractivity contribution >= 4 is 0 Å². The molecular formula is C14H30N2O. The van der Waals surface area contributed by atoms with Gasteiger partial charge in [0.05, 0.1) is 5.60 Å². The van der Waals surface area contributed by atoms with Gasteiger partial charge in [-0.05, 0) is 46.2 Å². The summed E-state index contributed by atoms with van der Waals surface area (Å²) < 4.78 is 5.48. The molecule has 3 heteroatoms. The highest BCUT2D eigenvalue weighted by Crippen LogP contribution is 2.14. The normalized spacial score (nSPS) is 22.1. The Morgan fingerprint density at radius 1 is 1.35 bits per heavy atom. The highest BCUT2D eigenvalue weighted by Gasteiger charge is 2.20. The molecule has 102 valence electrons. The molecule has 1 saturated heterocycles. The van der Waals surface area contributed by atoms with Crippen LogP contribution < -0.4 is 5.32 Å². The minimum Gasteiger partial charge on any atom is -0.379 e. The Morgan fingerprint density at radius 2 is 2.12 bits per heavy atom. The maximum atomic E-state index is 5.48. The van der Waals surface area contributed by atoms with E-state index < -0.39 is 0 Å². The molecule has 17 heavy (non-hydrogen) atoms. The first kappa shape index (κ1) is 14.9. The summed E-state index contributed by atoms with van der Waals surface area (Å²) in [5.74, 6) is 0. The Bertz CT molecular complexity index is 200. The number of ether oxygens (including phenoxy) is 1. The minimum atomic E-state index is 0.00735. The van der Waals surface area contributed by atoms with Gasteiger partial charge >= 0.3 is 0 Å². The van der Waals surface area contributed by atoms with Crippen LogP contribution >= 0.6 is 0 Å². The first-order chi connectivity index (χ1) is 8.07. The fourth-order valence-corrected chi connectivity index (χ4v) is 2.30. The van der Waals surface area contributed by atoms with Crippen molar-refractivity contribution in [3.05, 3.63) is 0 Å². The molecule has 1 fully saturated rings. The summed E-state index contributed by atoms with van der Waals surface area (Å²) in [5, 5.41) is 3.62. The van der Waals surface area contributed by atoms with Gasteiger partial charge in [0.25, 0.3) is 0 Å². The van der Waals surface area contributed by atoms with Crippen LogP contribution in [0.5, 0.6) is 0 Å². The molecule has 1 unspecified atom stereocenters. The molecule has 0 aromatic heterocycles. The van der Waals surface area contributed by atoms with Crippen LogP contribution in [0.2, 0.25) is 0 Å². The van der Waals surface area contributed by atoms with E-state index in [1.807, 2.05) is 0 Å². The maximum Gasteiger partial charge on any atom is 0.0634 e. The van der Waals surface area contributed by atoms with Gasteiger partial charge in [0, 0.05) is 26.2 Å². The van der Waals surface area contributed by atoms with Crippen LogP contribution in [0.1, 0.15) is 46.5 Å². The Labute approximate surface area is 107 Å². The molecular weight excluding hydrogens is 212 g/mol.